The van der Waals surface area contributed by atoms with E-state index >= 15 is 0 Å². The minimum atomic E-state index is 0.0794. The lowest BCUT2D eigenvalue weighted by Crippen LogP contribution is -2.35. The average molecular weight is 252 g/mol. The van der Waals surface area contributed by atoms with Crippen LogP contribution in [-0.2, 0) is 11.3 Å². The molecule has 0 saturated heterocycles. The normalized spacial score (nSPS) is 12.8. The zero-order valence-electron chi connectivity index (χ0n) is 12.0. The highest BCUT2D eigenvalue weighted by molar-refractivity contribution is 5.75. The van der Waals surface area contributed by atoms with Gasteiger partial charge in [0.05, 0.1) is 6.20 Å². The molecule has 0 saturated carbocycles. The summed E-state index contributed by atoms with van der Waals surface area (Å²) in [5, 5.41) is 7.55. The molecule has 5 heteroatoms. The van der Waals surface area contributed by atoms with Crippen LogP contribution in [0.25, 0.3) is 0 Å². The van der Waals surface area contributed by atoms with Crippen LogP contribution in [0.2, 0.25) is 0 Å². The molecule has 102 valence electrons. The molecule has 0 aliphatic carbocycles. The maximum atomic E-state index is 11.9. The Kier molecular flexibility index (Phi) is 5.34. The first-order valence-electron chi connectivity index (χ1n) is 6.47. The molecule has 0 aromatic carbocycles. The van der Waals surface area contributed by atoms with Crippen molar-refractivity contribution in [2.75, 3.05) is 13.6 Å². The molecule has 0 spiro atoms. The largest absolute Gasteiger partial charge is 0.342 e. The van der Waals surface area contributed by atoms with Gasteiger partial charge in [-0.25, -0.2) is 0 Å². The SMILES string of the molecule is CCNC(C)c1cnn(CC(=O)N(C)C(C)C)c1. The zero-order chi connectivity index (χ0) is 13.7. The van der Waals surface area contributed by atoms with Gasteiger partial charge in [-0.1, -0.05) is 6.92 Å². The lowest BCUT2D eigenvalue weighted by molar-refractivity contribution is -0.132. The Bertz CT molecular complexity index is 386. The van der Waals surface area contributed by atoms with Gasteiger partial charge in [-0.3, -0.25) is 9.48 Å². The van der Waals surface area contributed by atoms with Gasteiger partial charge in [-0.05, 0) is 27.3 Å². The zero-order valence-corrected chi connectivity index (χ0v) is 12.0. The molecule has 1 N–H and O–H groups in total. The molecule has 1 aromatic rings. The third-order valence-electron chi connectivity index (χ3n) is 3.13. The number of likely N-dealkylation sites (N-methyl/N-ethyl adjacent to an activating group) is 1. The van der Waals surface area contributed by atoms with Gasteiger partial charge in [0.2, 0.25) is 5.91 Å². The molecule has 0 aliphatic rings. The number of nitrogens with one attached hydrogen (secondary N) is 1. The first-order chi connectivity index (χ1) is 8.45. The monoisotopic (exact) mass is 252 g/mol. The van der Waals surface area contributed by atoms with Gasteiger partial charge in [0.25, 0.3) is 0 Å². The number of nitrogens with zero attached hydrogens (tertiary/aromatic N) is 3. The van der Waals surface area contributed by atoms with Gasteiger partial charge in [-0.2, -0.15) is 5.10 Å². The number of carbonyl (C=O) groups is 1. The van der Waals surface area contributed by atoms with E-state index in [4.69, 9.17) is 0 Å². The summed E-state index contributed by atoms with van der Waals surface area (Å²) in [6.45, 7) is 9.38. The fourth-order valence-electron chi connectivity index (χ4n) is 1.65. The van der Waals surface area contributed by atoms with Gasteiger partial charge in [0.1, 0.15) is 6.54 Å². The van der Waals surface area contributed by atoms with E-state index in [1.54, 1.807) is 9.58 Å². The number of rotatable bonds is 6. The minimum absolute atomic E-state index is 0.0794. The van der Waals surface area contributed by atoms with Gasteiger partial charge in [0, 0.05) is 30.9 Å². The third-order valence-corrected chi connectivity index (χ3v) is 3.13. The first kappa shape index (κ1) is 14.7. The Morgan fingerprint density at radius 1 is 1.50 bits per heavy atom. The quantitative estimate of drug-likeness (QED) is 0.833. The highest BCUT2D eigenvalue weighted by Gasteiger charge is 2.14. The molecule has 1 aromatic heterocycles. The second kappa shape index (κ2) is 6.54. The summed E-state index contributed by atoms with van der Waals surface area (Å²) >= 11 is 0. The van der Waals surface area contributed by atoms with Crippen molar-refractivity contribution in [3.8, 4) is 0 Å². The Morgan fingerprint density at radius 3 is 2.72 bits per heavy atom. The van der Waals surface area contributed by atoms with Crippen molar-refractivity contribution in [1.29, 1.82) is 0 Å². The van der Waals surface area contributed by atoms with E-state index < -0.39 is 0 Å². The molecule has 0 radical (unpaired) electrons. The summed E-state index contributed by atoms with van der Waals surface area (Å²) in [6.07, 6.45) is 3.75. The van der Waals surface area contributed by atoms with Gasteiger partial charge < -0.3 is 10.2 Å². The summed E-state index contributed by atoms with van der Waals surface area (Å²) in [4.78, 5) is 13.6. The number of hydrogen-bond acceptors (Lipinski definition) is 3. The molecule has 18 heavy (non-hydrogen) atoms. The molecule has 1 heterocycles. The van der Waals surface area contributed by atoms with Crippen LogP contribution >= 0.6 is 0 Å². The van der Waals surface area contributed by atoms with E-state index in [9.17, 15) is 4.79 Å². The average Bonchev–Trinajstić information content (AvgIpc) is 2.76. The fraction of sp³-hybridized carbons (Fsp3) is 0.692. The molecule has 5 nitrogen and oxygen atoms in total. The summed E-state index contributed by atoms with van der Waals surface area (Å²) < 4.78 is 1.70. The molecule has 0 bridgehead atoms. The van der Waals surface area contributed by atoms with Crippen LogP contribution in [0.5, 0.6) is 0 Å². The lowest BCUT2D eigenvalue weighted by atomic mass is 10.2. The Balaban J connectivity index is 2.61. The maximum Gasteiger partial charge on any atom is 0.244 e. The Labute approximate surface area is 109 Å². The highest BCUT2D eigenvalue weighted by Crippen LogP contribution is 2.10. The van der Waals surface area contributed by atoms with Crippen molar-refractivity contribution in [3.63, 3.8) is 0 Å². The number of carbonyl (C=O) groups excluding carboxylic acids is 1. The van der Waals surface area contributed by atoms with Crippen molar-refractivity contribution in [3.05, 3.63) is 18.0 Å². The Morgan fingerprint density at radius 2 is 2.17 bits per heavy atom. The van der Waals surface area contributed by atoms with Crippen LogP contribution in [-0.4, -0.2) is 40.2 Å². The number of amides is 1. The van der Waals surface area contributed by atoms with Crippen LogP contribution in [0.15, 0.2) is 12.4 Å². The predicted molar refractivity (Wildman–Crippen MR) is 72.2 cm³/mol. The van der Waals surface area contributed by atoms with Crippen molar-refractivity contribution < 1.29 is 4.79 Å². The standard InChI is InChI=1S/C13H24N4O/c1-6-14-11(4)12-7-15-17(8-12)9-13(18)16(5)10(2)3/h7-8,10-11,14H,6,9H2,1-5H3. The van der Waals surface area contributed by atoms with Gasteiger partial charge >= 0.3 is 0 Å². The first-order valence-corrected chi connectivity index (χ1v) is 6.47. The minimum Gasteiger partial charge on any atom is -0.342 e. The lowest BCUT2D eigenvalue weighted by Gasteiger charge is -2.21. The van der Waals surface area contributed by atoms with E-state index in [1.807, 2.05) is 33.3 Å². The van der Waals surface area contributed by atoms with E-state index in [2.05, 4.69) is 24.3 Å². The number of aromatic nitrogens is 2. The van der Waals surface area contributed by atoms with Gasteiger partial charge in [0.15, 0.2) is 0 Å². The maximum absolute atomic E-state index is 11.9. The molecule has 1 rings (SSSR count). The Hall–Kier alpha value is -1.36. The summed E-state index contributed by atoms with van der Waals surface area (Å²) in [7, 11) is 1.82. The molecular weight excluding hydrogens is 228 g/mol. The van der Waals surface area contributed by atoms with Gasteiger partial charge in [-0.15, -0.1) is 0 Å². The van der Waals surface area contributed by atoms with Crippen molar-refractivity contribution in [1.82, 2.24) is 20.0 Å². The second-order valence-electron chi connectivity index (χ2n) is 4.85. The van der Waals surface area contributed by atoms with Crippen LogP contribution < -0.4 is 5.32 Å². The fourth-order valence-corrected chi connectivity index (χ4v) is 1.65. The number of hydrogen-bond donors (Lipinski definition) is 1. The molecule has 0 fully saturated rings. The molecule has 0 aliphatic heterocycles. The second-order valence-corrected chi connectivity index (χ2v) is 4.85. The predicted octanol–water partition coefficient (Wildman–Crippen LogP) is 1.42. The third kappa shape index (κ3) is 3.84. The van der Waals surface area contributed by atoms with Crippen LogP contribution in [0.3, 0.4) is 0 Å². The summed E-state index contributed by atoms with van der Waals surface area (Å²) in [5.41, 5.74) is 1.11. The van der Waals surface area contributed by atoms with Crippen LogP contribution in [0.1, 0.15) is 39.3 Å². The van der Waals surface area contributed by atoms with Crippen LogP contribution in [0.4, 0.5) is 0 Å². The smallest absolute Gasteiger partial charge is 0.244 e. The summed E-state index contributed by atoms with van der Waals surface area (Å²) in [6, 6.07) is 0.481. The molecule has 1 atom stereocenters. The topological polar surface area (TPSA) is 50.2 Å². The molecule has 1 unspecified atom stereocenters. The summed E-state index contributed by atoms with van der Waals surface area (Å²) in [5.74, 6) is 0.0794. The van der Waals surface area contributed by atoms with Crippen molar-refractivity contribution in [2.45, 2.75) is 46.3 Å². The van der Waals surface area contributed by atoms with E-state index in [-0.39, 0.29) is 18.0 Å². The molecule has 1 amide bonds. The van der Waals surface area contributed by atoms with Crippen molar-refractivity contribution >= 4 is 5.91 Å². The van der Waals surface area contributed by atoms with E-state index in [0.29, 0.717) is 6.54 Å². The highest BCUT2D eigenvalue weighted by atomic mass is 16.2. The molecular formula is C13H24N4O. The van der Waals surface area contributed by atoms with Crippen LogP contribution in [0, 0.1) is 0 Å². The van der Waals surface area contributed by atoms with E-state index in [1.165, 1.54) is 0 Å². The van der Waals surface area contributed by atoms with E-state index in [0.717, 1.165) is 12.1 Å². The van der Waals surface area contributed by atoms with Crippen molar-refractivity contribution in [2.24, 2.45) is 0 Å².